The van der Waals surface area contributed by atoms with E-state index in [1.165, 1.54) is 17.3 Å². The van der Waals surface area contributed by atoms with E-state index >= 15 is 0 Å². The molecule has 0 saturated carbocycles. The molecular formula is C20H21N3O2S. The van der Waals surface area contributed by atoms with Crippen molar-refractivity contribution in [1.82, 2.24) is 9.55 Å². The van der Waals surface area contributed by atoms with Gasteiger partial charge in [-0.15, -0.1) is 0 Å². The lowest BCUT2D eigenvalue weighted by Gasteiger charge is -2.09. The topological polar surface area (TPSA) is 56.2 Å². The summed E-state index contributed by atoms with van der Waals surface area (Å²) in [5.74, 6) is 1.01. The fourth-order valence-electron chi connectivity index (χ4n) is 2.50. The molecule has 0 aliphatic rings. The molecule has 0 atom stereocenters. The molecule has 0 bridgehead atoms. The second kappa shape index (κ2) is 8.58. The number of nitrogens with one attached hydrogen (secondary N) is 1. The number of carbonyl (C=O) groups excluding carboxylic acids is 1. The molecule has 1 N–H and O–H groups in total. The molecule has 2 aromatic carbocycles. The summed E-state index contributed by atoms with van der Waals surface area (Å²) >= 11 is 1.40. The lowest BCUT2D eigenvalue weighted by atomic mass is 10.1. The van der Waals surface area contributed by atoms with E-state index in [0.717, 1.165) is 28.7 Å². The first-order valence-corrected chi connectivity index (χ1v) is 9.37. The predicted molar refractivity (Wildman–Crippen MR) is 105 cm³/mol. The van der Waals surface area contributed by atoms with Crippen LogP contribution in [-0.2, 0) is 11.2 Å². The summed E-state index contributed by atoms with van der Waals surface area (Å²) in [4.78, 5) is 16.6. The van der Waals surface area contributed by atoms with E-state index in [4.69, 9.17) is 4.74 Å². The highest BCUT2D eigenvalue weighted by Crippen LogP contribution is 2.23. The van der Waals surface area contributed by atoms with Gasteiger partial charge in [0.25, 0.3) is 0 Å². The van der Waals surface area contributed by atoms with Gasteiger partial charge in [-0.25, -0.2) is 4.98 Å². The van der Waals surface area contributed by atoms with Crippen molar-refractivity contribution in [3.05, 3.63) is 66.5 Å². The number of hydrogen-bond donors (Lipinski definition) is 1. The van der Waals surface area contributed by atoms with E-state index in [9.17, 15) is 4.79 Å². The third kappa shape index (κ3) is 4.46. The number of benzene rings is 2. The number of rotatable bonds is 7. The van der Waals surface area contributed by atoms with Gasteiger partial charge in [0, 0.05) is 24.1 Å². The van der Waals surface area contributed by atoms with Crippen LogP contribution < -0.4 is 10.1 Å². The number of methoxy groups -OCH3 is 1. The predicted octanol–water partition coefficient (Wildman–Crippen LogP) is 4.17. The van der Waals surface area contributed by atoms with Gasteiger partial charge in [-0.2, -0.15) is 0 Å². The van der Waals surface area contributed by atoms with Crippen LogP contribution in [0.25, 0.3) is 5.69 Å². The molecule has 0 radical (unpaired) electrons. The number of ether oxygens (including phenoxy) is 1. The number of aromatic nitrogens is 2. The molecule has 0 aliphatic heterocycles. The third-order valence-electron chi connectivity index (χ3n) is 3.92. The van der Waals surface area contributed by atoms with Crippen molar-refractivity contribution in [3.63, 3.8) is 0 Å². The Labute approximate surface area is 157 Å². The number of carbonyl (C=O) groups is 1. The molecular weight excluding hydrogens is 346 g/mol. The Balaban J connectivity index is 1.63. The number of hydrogen-bond acceptors (Lipinski definition) is 4. The first-order chi connectivity index (χ1) is 12.7. The monoisotopic (exact) mass is 367 g/mol. The van der Waals surface area contributed by atoms with Crippen LogP contribution in [0.1, 0.15) is 12.5 Å². The summed E-state index contributed by atoms with van der Waals surface area (Å²) < 4.78 is 7.21. The fourth-order valence-corrected chi connectivity index (χ4v) is 3.28. The summed E-state index contributed by atoms with van der Waals surface area (Å²) in [5, 5.41) is 3.68. The van der Waals surface area contributed by atoms with E-state index in [0.29, 0.717) is 0 Å². The van der Waals surface area contributed by atoms with Crippen molar-refractivity contribution < 1.29 is 9.53 Å². The van der Waals surface area contributed by atoms with Gasteiger partial charge in [0.2, 0.25) is 5.91 Å². The lowest BCUT2D eigenvalue weighted by molar-refractivity contribution is -0.113. The minimum atomic E-state index is -0.0561. The van der Waals surface area contributed by atoms with Gasteiger partial charge in [0.1, 0.15) is 5.75 Å². The zero-order valence-corrected chi connectivity index (χ0v) is 15.6. The first-order valence-electron chi connectivity index (χ1n) is 8.39. The summed E-state index contributed by atoms with van der Waals surface area (Å²) in [6.07, 6.45) is 4.58. The van der Waals surface area contributed by atoms with Gasteiger partial charge in [0.05, 0.1) is 18.6 Å². The zero-order chi connectivity index (χ0) is 18.4. The van der Waals surface area contributed by atoms with Crippen molar-refractivity contribution in [2.24, 2.45) is 0 Å². The summed E-state index contributed by atoms with van der Waals surface area (Å²) in [7, 11) is 1.64. The molecule has 1 amide bonds. The highest BCUT2D eigenvalue weighted by Gasteiger charge is 2.10. The normalized spacial score (nSPS) is 10.5. The van der Waals surface area contributed by atoms with E-state index in [1.807, 2.05) is 59.3 Å². The van der Waals surface area contributed by atoms with E-state index in [2.05, 4.69) is 17.2 Å². The number of thioether (sulfide) groups is 1. The minimum absolute atomic E-state index is 0.0561. The van der Waals surface area contributed by atoms with Crippen LogP contribution in [-0.4, -0.2) is 28.3 Å². The van der Waals surface area contributed by atoms with Gasteiger partial charge >= 0.3 is 0 Å². The van der Waals surface area contributed by atoms with Crippen LogP contribution in [0.5, 0.6) is 5.75 Å². The Morgan fingerprint density at radius 1 is 1.23 bits per heavy atom. The molecule has 6 heteroatoms. The lowest BCUT2D eigenvalue weighted by Crippen LogP contribution is -2.14. The van der Waals surface area contributed by atoms with E-state index in [1.54, 1.807) is 13.3 Å². The Bertz CT molecular complexity index is 875. The molecule has 5 nitrogen and oxygen atoms in total. The maximum Gasteiger partial charge on any atom is 0.234 e. The van der Waals surface area contributed by atoms with Crippen LogP contribution in [0.3, 0.4) is 0 Å². The molecule has 0 saturated heterocycles. The summed E-state index contributed by atoms with van der Waals surface area (Å²) in [6, 6.07) is 15.6. The van der Waals surface area contributed by atoms with Crippen molar-refractivity contribution in [3.8, 4) is 11.4 Å². The largest absolute Gasteiger partial charge is 0.497 e. The van der Waals surface area contributed by atoms with Crippen LogP contribution in [0.2, 0.25) is 0 Å². The molecule has 3 aromatic rings. The summed E-state index contributed by atoms with van der Waals surface area (Å²) in [6.45, 7) is 2.11. The number of imidazole rings is 1. The molecule has 1 aromatic heterocycles. The minimum Gasteiger partial charge on any atom is -0.497 e. The maximum absolute atomic E-state index is 12.2. The van der Waals surface area contributed by atoms with Crippen LogP contribution in [0.4, 0.5) is 5.69 Å². The van der Waals surface area contributed by atoms with E-state index in [-0.39, 0.29) is 11.7 Å². The number of anilines is 1. The van der Waals surface area contributed by atoms with Gasteiger partial charge in [-0.1, -0.05) is 36.9 Å². The SMILES string of the molecule is CCc1ccc(NC(=O)CSc2nccn2-c2cccc(OC)c2)cc1. The van der Waals surface area contributed by atoms with E-state index < -0.39 is 0 Å². The second-order valence-corrected chi connectivity index (χ2v) is 6.61. The molecule has 0 fully saturated rings. The molecule has 3 rings (SSSR count). The highest BCUT2D eigenvalue weighted by atomic mass is 32.2. The smallest absolute Gasteiger partial charge is 0.234 e. The Morgan fingerprint density at radius 3 is 2.77 bits per heavy atom. The highest BCUT2D eigenvalue weighted by molar-refractivity contribution is 7.99. The number of amides is 1. The van der Waals surface area contributed by atoms with Crippen LogP contribution in [0.15, 0.2) is 66.1 Å². The van der Waals surface area contributed by atoms with Gasteiger partial charge in [-0.3, -0.25) is 9.36 Å². The Morgan fingerprint density at radius 2 is 2.04 bits per heavy atom. The van der Waals surface area contributed by atoms with Crippen LogP contribution >= 0.6 is 11.8 Å². The standard InChI is InChI=1S/C20H21N3O2S/c1-3-15-7-9-16(10-8-15)22-19(24)14-26-20-21-11-12-23(20)17-5-4-6-18(13-17)25-2/h4-13H,3,14H2,1-2H3,(H,22,24). The van der Waals surface area contributed by atoms with Crippen molar-refractivity contribution in [1.29, 1.82) is 0 Å². The zero-order valence-electron chi connectivity index (χ0n) is 14.8. The third-order valence-corrected chi connectivity index (χ3v) is 4.88. The van der Waals surface area contributed by atoms with Crippen LogP contribution in [0, 0.1) is 0 Å². The summed E-state index contributed by atoms with van der Waals surface area (Å²) in [5.41, 5.74) is 3.00. The number of aryl methyl sites for hydroxylation is 1. The molecule has 26 heavy (non-hydrogen) atoms. The molecule has 1 heterocycles. The quantitative estimate of drug-likeness (QED) is 0.637. The van der Waals surface area contributed by atoms with Gasteiger partial charge in [-0.05, 0) is 36.2 Å². The van der Waals surface area contributed by atoms with Crippen molar-refractivity contribution in [2.75, 3.05) is 18.2 Å². The Kier molecular flexibility index (Phi) is 5.96. The van der Waals surface area contributed by atoms with Gasteiger partial charge < -0.3 is 10.1 Å². The fraction of sp³-hybridized carbons (Fsp3) is 0.200. The maximum atomic E-state index is 12.2. The molecule has 0 aliphatic carbocycles. The molecule has 0 unspecified atom stereocenters. The second-order valence-electron chi connectivity index (χ2n) is 5.67. The number of nitrogens with zero attached hydrogens (tertiary/aromatic N) is 2. The molecule has 0 spiro atoms. The van der Waals surface area contributed by atoms with Gasteiger partial charge in [0.15, 0.2) is 5.16 Å². The van der Waals surface area contributed by atoms with Crippen molar-refractivity contribution in [2.45, 2.75) is 18.5 Å². The average molecular weight is 367 g/mol. The molecule has 134 valence electrons. The Hall–Kier alpha value is -2.73. The first kappa shape index (κ1) is 18.1. The van der Waals surface area contributed by atoms with Crippen molar-refractivity contribution >= 4 is 23.4 Å². The average Bonchev–Trinajstić information content (AvgIpc) is 3.16.